The van der Waals surface area contributed by atoms with Gasteiger partial charge in [0.25, 0.3) is 0 Å². The Morgan fingerprint density at radius 2 is 1.73 bits per heavy atom. The topological polar surface area (TPSA) is 118 Å². The number of aryl methyl sites for hydroxylation is 1. The number of carbonyl (C=O) groups is 2. The Hall–Kier alpha value is -1.93. The summed E-state index contributed by atoms with van der Waals surface area (Å²) >= 11 is 0. The lowest BCUT2D eigenvalue weighted by Gasteiger charge is -2.23. The first-order chi connectivity index (χ1) is 11.9. The fourth-order valence-corrected chi connectivity index (χ4v) is 3.91. The maximum atomic E-state index is 12.7. The Kier molecular flexibility index (Phi) is 7.77. The van der Waals surface area contributed by atoms with Gasteiger partial charge in [0.05, 0.1) is 16.6 Å². The van der Waals surface area contributed by atoms with Crippen molar-refractivity contribution >= 4 is 21.7 Å². The van der Waals surface area contributed by atoms with Gasteiger partial charge in [-0.3, -0.25) is 9.59 Å². The van der Waals surface area contributed by atoms with Crippen LogP contribution in [0.15, 0.2) is 29.2 Å². The molecule has 0 saturated carbocycles. The lowest BCUT2D eigenvalue weighted by Crippen LogP contribution is -2.44. The number of benzene rings is 1. The number of rotatable bonds is 8. The van der Waals surface area contributed by atoms with Crippen molar-refractivity contribution < 1.29 is 18.0 Å². The molecule has 0 aliphatic rings. The van der Waals surface area contributed by atoms with Gasteiger partial charge < -0.3 is 16.4 Å². The van der Waals surface area contributed by atoms with Gasteiger partial charge in [-0.15, -0.1) is 0 Å². The van der Waals surface area contributed by atoms with Gasteiger partial charge in [0.1, 0.15) is 0 Å². The van der Waals surface area contributed by atoms with Gasteiger partial charge in [-0.1, -0.05) is 17.7 Å². The molecule has 1 atom stereocenters. The Balaban J connectivity index is 2.98. The van der Waals surface area contributed by atoms with Crippen molar-refractivity contribution in [3.05, 3.63) is 29.8 Å². The standard InChI is InChI=1S/C18H29N3O4S/c1-13-5-7-15(8-6-13)26(24,25)12-14(17(23)20-10-9-19)11-16(22)21-18(2,3)4/h5-8,14H,9-12,19H2,1-4H3,(H,20,23)(H,21,22)/t14-/m1/s1. The molecular weight excluding hydrogens is 354 g/mol. The Morgan fingerprint density at radius 1 is 1.15 bits per heavy atom. The molecule has 7 nitrogen and oxygen atoms in total. The summed E-state index contributed by atoms with van der Waals surface area (Å²) in [7, 11) is -3.71. The third-order valence-electron chi connectivity index (χ3n) is 3.56. The van der Waals surface area contributed by atoms with Crippen LogP contribution in [0.3, 0.4) is 0 Å². The van der Waals surface area contributed by atoms with Crippen LogP contribution in [0, 0.1) is 12.8 Å². The average molecular weight is 384 g/mol. The van der Waals surface area contributed by atoms with Crippen LogP contribution in [-0.4, -0.2) is 44.6 Å². The maximum Gasteiger partial charge on any atom is 0.224 e. The van der Waals surface area contributed by atoms with Crippen molar-refractivity contribution in [2.24, 2.45) is 11.7 Å². The molecule has 0 bridgehead atoms. The number of amides is 2. The first kappa shape index (κ1) is 22.1. The van der Waals surface area contributed by atoms with E-state index >= 15 is 0 Å². The average Bonchev–Trinajstić information content (AvgIpc) is 2.50. The van der Waals surface area contributed by atoms with Crippen LogP contribution in [0.5, 0.6) is 0 Å². The van der Waals surface area contributed by atoms with E-state index in [-0.39, 0.29) is 30.3 Å². The molecule has 0 radical (unpaired) electrons. The highest BCUT2D eigenvalue weighted by Gasteiger charge is 2.29. The summed E-state index contributed by atoms with van der Waals surface area (Å²) in [6.45, 7) is 7.76. The van der Waals surface area contributed by atoms with Crippen molar-refractivity contribution in [3.8, 4) is 0 Å². The molecule has 0 heterocycles. The number of nitrogens with two attached hydrogens (primary N) is 1. The van der Waals surface area contributed by atoms with Gasteiger partial charge in [-0.05, 0) is 39.8 Å². The number of sulfone groups is 1. The van der Waals surface area contributed by atoms with E-state index in [4.69, 9.17) is 5.73 Å². The van der Waals surface area contributed by atoms with Crippen molar-refractivity contribution in [1.29, 1.82) is 0 Å². The minimum Gasteiger partial charge on any atom is -0.355 e. The van der Waals surface area contributed by atoms with Gasteiger partial charge in [0.2, 0.25) is 11.8 Å². The molecule has 0 unspecified atom stereocenters. The molecule has 0 fully saturated rings. The second kappa shape index (κ2) is 9.14. The second-order valence-corrected chi connectivity index (χ2v) is 9.41. The monoisotopic (exact) mass is 383 g/mol. The highest BCUT2D eigenvalue weighted by Crippen LogP contribution is 2.18. The predicted octanol–water partition coefficient (Wildman–Crippen LogP) is 0.765. The van der Waals surface area contributed by atoms with Crippen LogP contribution in [0.25, 0.3) is 0 Å². The van der Waals surface area contributed by atoms with Crippen LogP contribution in [0.2, 0.25) is 0 Å². The lowest BCUT2D eigenvalue weighted by molar-refractivity contribution is -0.130. The van der Waals surface area contributed by atoms with Gasteiger partial charge in [0, 0.05) is 25.0 Å². The van der Waals surface area contributed by atoms with Crippen molar-refractivity contribution in [2.45, 2.75) is 44.6 Å². The van der Waals surface area contributed by atoms with E-state index in [1.807, 2.05) is 27.7 Å². The molecule has 0 aliphatic heterocycles. The molecule has 146 valence electrons. The van der Waals surface area contributed by atoms with E-state index in [2.05, 4.69) is 10.6 Å². The van der Waals surface area contributed by atoms with Gasteiger partial charge in [0.15, 0.2) is 9.84 Å². The fourth-order valence-electron chi connectivity index (χ4n) is 2.37. The SMILES string of the molecule is Cc1ccc(S(=O)(=O)C[C@@H](CC(=O)NC(C)(C)C)C(=O)NCCN)cc1. The molecule has 26 heavy (non-hydrogen) atoms. The largest absolute Gasteiger partial charge is 0.355 e. The Labute approximate surface area is 155 Å². The normalized spacial score (nSPS) is 13.1. The highest BCUT2D eigenvalue weighted by molar-refractivity contribution is 7.91. The summed E-state index contributed by atoms with van der Waals surface area (Å²) in [6.07, 6.45) is -0.210. The molecule has 8 heteroatoms. The molecule has 1 aromatic rings. The summed E-state index contributed by atoms with van der Waals surface area (Å²) in [5.41, 5.74) is 5.85. The molecule has 0 spiro atoms. The van der Waals surface area contributed by atoms with E-state index in [9.17, 15) is 18.0 Å². The van der Waals surface area contributed by atoms with E-state index < -0.39 is 33.0 Å². The highest BCUT2D eigenvalue weighted by atomic mass is 32.2. The minimum absolute atomic E-state index is 0.135. The number of carbonyl (C=O) groups excluding carboxylic acids is 2. The van der Waals surface area contributed by atoms with Crippen molar-refractivity contribution in [3.63, 3.8) is 0 Å². The predicted molar refractivity (Wildman–Crippen MR) is 101 cm³/mol. The number of hydrogen-bond acceptors (Lipinski definition) is 5. The lowest BCUT2D eigenvalue weighted by atomic mass is 10.0. The zero-order valence-corrected chi connectivity index (χ0v) is 16.7. The quantitative estimate of drug-likeness (QED) is 0.613. The van der Waals surface area contributed by atoms with E-state index in [0.29, 0.717) is 0 Å². The van der Waals surface area contributed by atoms with Crippen LogP contribution in [0.1, 0.15) is 32.8 Å². The van der Waals surface area contributed by atoms with Crippen LogP contribution in [-0.2, 0) is 19.4 Å². The van der Waals surface area contributed by atoms with E-state index in [1.54, 1.807) is 12.1 Å². The van der Waals surface area contributed by atoms with E-state index in [0.717, 1.165) is 5.56 Å². The second-order valence-electron chi connectivity index (χ2n) is 7.37. The van der Waals surface area contributed by atoms with Crippen LogP contribution >= 0.6 is 0 Å². The van der Waals surface area contributed by atoms with Gasteiger partial charge in [-0.25, -0.2) is 8.42 Å². The molecule has 0 saturated heterocycles. The smallest absolute Gasteiger partial charge is 0.224 e. The zero-order valence-electron chi connectivity index (χ0n) is 15.8. The van der Waals surface area contributed by atoms with Crippen molar-refractivity contribution in [2.75, 3.05) is 18.8 Å². The Morgan fingerprint density at radius 3 is 2.23 bits per heavy atom. The third-order valence-corrected chi connectivity index (χ3v) is 5.39. The van der Waals surface area contributed by atoms with Gasteiger partial charge in [-0.2, -0.15) is 0 Å². The Bertz CT molecular complexity index is 722. The zero-order chi connectivity index (χ0) is 20.0. The first-order valence-corrected chi connectivity index (χ1v) is 10.2. The molecular formula is C18H29N3O4S. The first-order valence-electron chi connectivity index (χ1n) is 8.53. The van der Waals surface area contributed by atoms with Gasteiger partial charge >= 0.3 is 0 Å². The molecule has 2 amide bonds. The molecule has 1 rings (SSSR count). The van der Waals surface area contributed by atoms with Crippen molar-refractivity contribution in [1.82, 2.24) is 10.6 Å². The molecule has 1 aromatic carbocycles. The number of nitrogens with one attached hydrogen (secondary N) is 2. The summed E-state index contributed by atoms with van der Waals surface area (Å²) < 4.78 is 25.3. The minimum atomic E-state index is -3.71. The summed E-state index contributed by atoms with van der Waals surface area (Å²) in [6, 6.07) is 6.41. The van der Waals surface area contributed by atoms with E-state index in [1.165, 1.54) is 12.1 Å². The maximum absolute atomic E-state index is 12.7. The summed E-state index contributed by atoms with van der Waals surface area (Å²) in [5.74, 6) is -2.29. The summed E-state index contributed by atoms with van der Waals surface area (Å²) in [5, 5.41) is 5.33. The summed E-state index contributed by atoms with van der Waals surface area (Å²) in [4.78, 5) is 24.7. The fraction of sp³-hybridized carbons (Fsp3) is 0.556. The number of hydrogen-bond donors (Lipinski definition) is 3. The third kappa shape index (κ3) is 7.53. The molecule has 4 N–H and O–H groups in total. The van der Waals surface area contributed by atoms with Crippen LogP contribution in [0.4, 0.5) is 0 Å². The molecule has 0 aliphatic carbocycles. The molecule has 0 aromatic heterocycles. The van der Waals surface area contributed by atoms with Crippen LogP contribution < -0.4 is 16.4 Å².